The first-order chi connectivity index (χ1) is 7.66. The number of para-hydroxylation sites is 1. The lowest BCUT2D eigenvalue weighted by atomic mass is 10.1. The molecule has 0 amide bonds. The second kappa shape index (κ2) is 4.17. The molecule has 0 aliphatic rings. The van der Waals surface area contributed by atoms with Crippen molar-refractivity contribution in [2.24, 2.45) is 0 Å². The van der Waals surface area contributed by atoms with Gasteiger partial charge in [0.1, 0.15) is 0 Å². The van der Waals surface area contributed by atoms with Gasteiger partial charge in [0.15, 0.2) is 0 Å². The summed E-state index contributed by atoms with van der Waals surface area (Å²) in [4.78, 5) is 0. The minimum absolute atomic E-state index is 0.504. The summed E-state index contributed by atoms with van der Waals surface area (Å²) in [5, 5.41) is 1.35. The first-order valence-electron chi connectivity index (χ1n) is 5.89. The van der Waals surface area contributed by atoms with E-state index < -0.39 is 0 Å². The molecule has 0 fully saturated rings. The fourth-order valence-corrected chi connectivity index (χ4v) is 2.46. The van der Waals surface area contributed by atoms with Gasteiger partial charge in [-0.05, 0) is 33.8 Å². The monoisotopic (exact) mass is 213 g/mol. The minimum atomic E-state index is 0.504. The van der Waals surface area contributed by atoms with Crippen molar-refractivity contribution in [1.29, 1.82) is 0 Å². The zero-order valence-electron chi connectivity index (χ0n) is 10.5. The average Bonchev–Trinajstić information content (AvgIpc) is 2.53. The maximum atomic E-state index is 2.41. The molecule has 1 heteroatoms. The van der Waals surface area contributed by atoms with E-state index in [2.05, 4.69) is 68.7 Å². The van der Waals surface area contributed by atoms with Crippen molar-refractivity contribution in [3.8, 4) is 0 Å². The van der Waals surface area contributed by atoms with Crippen LogP contribution in [0.4, 0.5) is 0 Å². The van der Waals surface area contributed by atoms with Gasteiger partial charge in [-0.15, -0.1) is 0 Å². The van der Waals surface area contributed by atoms with Crippen molar-refractivity contribution in [1.82, 2.24) is 4.57 Å². The maximum Gasteiger partial charge on any atom is 0.0491 e. The molecular formula is C15H19N. The van der Waals surface area contributed by atoms with Crippen LogP contribution in [0, 0.1) is 6.92 Å². The fraction of sp³-hybridized carbons (Fsp3) is 0.333. The molecule has 0 unspecified atom stereocenters. The van der Waals surface area contributed by atoms with Crippen LogP contribution < -0.4 is 0 Å². The average molecular weight is 213 g/mol. The van der Waals surface area contributed by atoms with Crippen molar-refractivity contribution in [2.75, 3.05) is 0 Å². The molecule has 0 saturated heterocycles. The third-order valence-corrected chi connectivity index (χ3v) is 3.05. The summed E-state index contributed by atoms with van der Waals surface area (Å²) in [6.07, 6.45) is 4.32. The molecule has 1 nitrogen and oxygen atoms in total. The highest BCUT2D eigenvalue weighted by Crippen LogP contribution is 2.29. The van der Waals surface area contributed by atoms with E-state index in [1.807, 2.05) is 0 Å². The number of rotatable bonds is 2. The Morgan fingerprint density at radius 2 is 1.88 bits per heavy atom. The van der Waals surface area contributed by atoms with Crippen LogP contribution in [0.5, 0.6) is 0 Å². The van der Waals surface area contributed by atoms with Crippen molar-refractivity contribution in [2.45, 2.75) is 33.7 Å². The van der Waals surface area contributed by atoms with Crippen LogP contribution in [-0.2, 0) is 0 Å². The Morgan fingerprint density at radius 3 is 2.50 bits per heavy atom. The third kappa shape index (κ3) is 1.57. The van der Waals surface area contributed by atoms with E-state index in [0.717, 1.165) is 0 Å². The number of fused-ring (bicyclic) bond motifs is 1. The van der Waals surface area contributed by atoms with Crippen LogP contribution in [0.2, 0.25) is 0 Å². The summed E-state index contributed by atoms with van der Waals surface area (Å²) in [6, 6.07) is 9.13. The quantitative estimate of drug-likeness (QED) is 0.689. The van der Waals surface area contributed by atoms with Gasteiger partial charge in [0.25, 0.3) is 0 Å². The molecule has 16 heavy (non-hydrogen) atoms. The number of hydrogen-bond donors (Lipinski definition) is 0. The predicted molar refractivity (Wildman–Crippen MR) is 71.8 cm³/mol. The highest BCUT2D eigenvalue weighted by molar-refractivity contribution is 5.91. The van der Waals surface area contributed by atoms with Gasteiger partial charge in [-0.25, -0.2) is 0 Å². The van der Waals surface area contributed by atoms with Gasteiger partial charge >= 0.3 is 0 Å². The highest BCUT2D eigenvalue weighted by atomic mass is 15.0. The maximum absolute atomic E-state index is 2.41. The van der Waals surface area contributed by atoms with Gasteiger partial charge in [-0.3, -0.25) is 0 Å². The molecule has 0 aliphatic heterocycles. The standard InChI is InChI=1S/C15H19N/c1-5-8-13-12(4)16(11(2)3)15-10-7-6-9-14(13)15/h5-11H,1-4H3/b8-5-. The predicted octanol–water partition coefficient (Wildman–Crippen LogP) is 4.56. The lowest BCUT2D eigenvalue weighted by molar-refractivity contribution is 0.607. The lowest BCUT2D eigenvalue weighted by Crippen LogP contribution is -2.02. The fourth-order valence-electron chi connectivity index (χ4n) is 2.46. The summed E-state index contributed by atoms with van der Waals surface area (Å²) in [5.74, 6) is 0. The number of benzene rings is 1. The topological polar surface area (TPSA) is 4.93 Å². The second-order valence-corrected chi connectivity index (χ2v) is 4.48. The number of aromatic nitrogens is 1. The largest absolute Gasteiger partial charge is 0.342 e. The Kier molecular flexibility index (Phi) is 2.86. The molecule has 2 aromatic rings. The Balaban J connectivity index is 2.85. The van der Waals surface area contributed by atoms with Crippen LogP contribution in [0.15, 0.2) is 30.3 Å². The van der Waals surface area contributed by atoms with E-state index in [9.17, 15) is 0 Å². The van der Waals surface area contributed by atoms with E-state index in [1.165, 1.54) is 22.2 Å². The third-order valence-electron chi connectivity index (χ3n) is 3.05. The molecule has 1 aromatic heterocycles. The van der Waals surface area contributed by atoms with E-state index in [1.54, 1.807) is 0 Å². The van der Waals surface area contributed by atoms with Crippen LogP contribution in [-0.4, -0.2) is 4.57 Å². The van der Waals surface area contributed by atoms with Gasteiger partial charge in [-0.1, -0.05) is 30.4 Å². The molecule has 0 bridgehead atoms. The number of allylic oxidation sites excluding steroid dienone is 1. The van der Waals surface area contributed by atoms with Gasteiger partial charge in [-0.2, -0.15) is 0 Å². The Labute approximate surface area is 97.4 Å². The van der Waals surface area contributed by atoms with Crippen molar-refractivity contribution in [3.05, 3.63) is 41.6 Å². The molecule has 1 heterocycles. The van der Waals surface area contributed by atoms with E-state index in [0.29, 0.717) is 6.04 Å². The second-order valence-electron chi connectivity index (χ2n) is 4.48. The van der Waals surface area contributed by atoms with Crippen LogP contribution in [0.3, 0.4) is 0 Å². The summed E-state index contributed by atoms with van der Waals surface area (Å²) in [5.41, 5.74) is 4.05. The summed E-state index contributed by atoms with van der Waals surface area (Å²) in [6.45, 7) is 8.74. The molecule has 1 aromatic carbocycles. The van der Waals surface area contributed by atoms with Gasteiger partial charge in [0, 0.05) is 28.2 Å². The summed E-state index contributed by atoms with van der Waals surface area (Å²) >= 11 is 0. The first-order valence-corrected chi connectivity index (χ1v) is 5.89. The zero-order chi connectivity index (χ0) is 11.7. The smallest absolute Gasteiger partial charge is 0.0491 e. The van der Waals surface area contributed by atoms with Crippen LogP contribution in [0.25, 0.3) is 17.0 Å². The summed E-state index contributed by atoms with van der Waals surface area (Å²) in [7, 11) is 0. The van der Waals surface area contributed by atoms with E-state index in [4.69, 9.17) is 0 Å². The minimum Gasteiger partial charge on any atom is -0.342 e. The number of hydrogen-bond acceptors (Lipinski definition) is 0. The van der Waals surface area contributed by atoms with E-state index >= 15 is 0 Å². The molecule has 0 radical (unpaired) electrons. The van der Waals surface area contributed by atoms with Gasteiger partial charge in [0.2, 0.25) is 0 Å². The zero-order valence-corrected chi connectivity index (χ0v) is 10.5. The molecule has 0 N–H and O–H groups in total. The molecule has 0 aliphatic carbocycles. The molecule has 0 spiro atoms. The lowest BCUT2D eigenvalue weighted by Gasteiger charge is -2.12. The van der Waals surface area contributed by atoms with Crippen molar-refractivity contribution >= 4 is 17.0 Å². The SMILES string of the molecule is C/C=C\c1c(C)n(C(C)C)c2ccccc12. The molecule has 2 rings (SSSR count). The van der Waals surface area contributed by atoms with Gasteiger partial charge in [0.05, 0.1) is 0 Å². The Morgan fingerprint density at radius 1 is 1.19 bits per heavy atom. The molecular weight excluding hydrogens is 194 g/mol. The first kappa shape index (κ1) is 11.0. The normalized spacial score (nSPS) is 12.1. The summed E-state index contributed by atoms with van der Waals surface area (Å²) < 4.78 is 2.41. The molecule has 0 atom stereocenters. The van der Waals surface area contributed by atoms with Crippen molar-refractivity contribution in [3.63, 3.8) is 0 Å². The van der Waals surface area contributed by atoms with Crippen LogP contribution in [0.1, 0.15) is 38.1 Å². The Bertz CT molecular complexity index is 530. The van der Waals surface area contributed by atoms with Gasteiger partial charge < -0.3 is 4.57 Å². The molecule has 84 valence electrons. The highest BCUT2D eigenvalue weighted by Gasteiger charge is 2.12. The molecule has 0 saturated carbocycles. The number of nitrogens with zero attached hydrogens (tertiary/aromatic N) is 1. The van der Waals surface area contributed by atoms with Crippen molar-refractivity contribution < 1.29 is 0 Å². The van der Waals surface area contributed by atoms with Crippen LogP contribution >= 0.6 is 0 Å². The van der Waals surface area contributed by atoms with E-state index in [-0.39, 0.29) is 0 Å². The Hall–Kier alpha value is -1.50.